The van der Waals surface area contributed by atoms with Crippen LogP contribution in [0.3, 0.4) is 0 Å². The number of rotatable bonds is 4. The van der Waals surface area contributed by atoms with Crippen molar-refractivity contribution >= 4 is 29.9 Å². The zero-order valence-electron chi connectivity index (χ0n) is 8.44. The summed E-state index contributed by atoms with van der Waals surface area (Å²) < 4.78 is 58.5. The highest BCUT2D eigenvalue weighted by atomic mass is 127. The van der Waals surface area contributed by atoms with Crippen LogP contribution in [-0.4, -0.2) is 38.7 Å². The number of guanidine groups is 1. The lowest BCUT2D eigenvalue weighted by Crippen LogP contribution is -2.40. The molecule has 0 bridgehead atoms. The molecule has 0 saturated carbocycles. The summed E-state index contributed by atoms with van der Waals surface area (Å²) in [7, 11) is 1.29. The summed E-state index contributed by atoms with van der Waals surface area (Å²) in [5.74, 6) is -0.0699. The Bertz CT molecular complexity index is 207. The zero-order chi connectivity index (χ0) is 11.9. The molecule has 3 nitrogen and oxygen atoms in total. The van der Waals surface area contributed by atoms with Crippen LogP contribution >= 0.6 is 24.0 Å². The Morgan fingerprint density at radius 3 is 2.19 bits per heavy atom. The Hall–Kier alpha value is -0.350. The van der Waals surface area contributed by atoms with Gasteiger partial charge in [-0.1, -0.05) is 0 Å². The van der Waals surface area contributed by atoms with Gasteiger partial charge < -0.3 is 10.6 Å². The van der Waals surface area contributed by atoms with Crippen molar-refractivity contribution < 1.29 is 22.0 Å². The van der Waals surface area contributed by atoms with E-state index in [4.69, 9.17) is 0 Å². The van der Waals surface area contributed by atoms with Crippen molar-refractivity contribution in [1.82, 2.24) is 10.6 Å². The van der Waals surface area contributed by atoms with Gasteiger partial charge in [-0.25, -0.2) is 8.78 Å². The van der Waals surface area contributed by atoms with Crippen molar-refractivity contribution in [1.29, 1.82) is 0 Å². The average molecular weight is 361 g/mol. The van der Waals surface area contributed by atoms with E-state index in [1.165, 1.54) is 7.05 Å². The standard InChI is InChI=1S/C7H12F5N3.HI/c1-13-6(15-4-5(8)9)14-3-2-7(10,11)12;/h5H,2-4H2,1H3,(H2,13,14,15);1H. The fraction of sp³-hybridized carbons (Fsp3) is 0.857. The number of nitrogens with one attached hydrogen (secondary N) is 2. The molecule has 98 valence electrons. The molecule has 0 aromatic heterocycles. The van der Waals surface area contributed by atoms with Gasteiger partial charge in [0.2, 0.25) is 0 Å². The van der Waals surface area contributed by atoms with Crippen molar-refractivity contribution in [3.63, 3.8) is 0 Å². The Balaban J connectivity index is 0. The first-order valence-corrected chi connectivity index (χ1v) is 4.14. The van der Waals surface area contributed by atoms with Gasteiger partial charge in [0.1, 0.15) is 0 Å². The fourth-order valence-corrected chi connectivity index (χ4v) is 0.717. The first-order valence-electron chi connectivity index (χ1n) is 4.14. The van der Waals surface area contributed by atoms with Gasteiger partial charge in [0.05, 0.1) is 13.0 Å². The molecule has 0 aliphatic rings. The number of hydrogen-bond donors (Lipinski definition) is 2. The number of aliphatic imine (C=N–C) groups is 1. The van der Waals surface area contributed by atoms with Gasteiger partial charge in [-0.05, 0) is 0 Å². The van der Waals surface area contributed by atoms with Crippen molar-refractivity contribution in [3.8, 4) is 0 Å². The van der Waals surface area contributed by atoms with Gasteiger partial charge in [-0.3, -0.25) is 4.99 Å². The molecule has 0 amide bonds. The molecule has 0 atom stereocenters. The molecule has 0 aliphatic heterocycles. The van der Waals surface area contributed by atoms with Gasteiger partial charge in [-0.2, -0.15) is 13.2 Å². The summed E-state index contributed by atoms with van der Waals surface area (Å²) in [6.45, 7) is -1.04. The molecule has 0 aliphatic carbocycles. The van der Waals surface area contributed by atoms with Gasteiger partial charge in [0.15, 0.2) is 5.96 Å². The molecule has 0 radical (unpaired) electrons. The van der Waals surface area contributed by atoms with E-state index in [-0.39, 0.29) is 29.9 Å². The summed E-state index contributed by atoms with van der Waals surface area (Å²) in [5, 5.41) is 4.44. The summed E-state index contributed by atoms with van der Waals surface area (Å²) in [6, 6.07) is 0. The minimum Gasteiger partial charge on any atom is -0.356 e. The Morgan fingerprint density at radius 1 is 1.25 bits per heavy atom. The third kappa shape index (κ3) is 11.7. The van der Waals surface area contributed by atoms with E-state index < -0.39 is 32.1 Å². The molecule has 0 aromatic carbocycles. The quantitative estimate of drug-likeness (QED) is 0.348. The normalized spacial score (nSPS) is 12.3. The molecule has 16 heavy (non-hydrogen) atoms. The first kappa shape index (κ1) is 18.0. The third-order valence-electron chi connectivity index (χ3n) is 1.35. The zero-order valence-corrected chi connectivity index (χ0v) is 10.8. The average Bonchev–Trinajstić information content (AvgIpc) is 2.08. The van der Waals surface area contributed by atoms with Crippen molar-refractivity contribution in [2.24, 2.45) is 4.99 Å². The van der Waals surface area contributed by atoms with Crippen molar-refractivity contribution in [2.45, 2.75) is 19.0 Å². The Kier molecular flexibility index (Phi) is 9.87. The largest absolute Gasteiger partial charge is 0.390 e. The van der Waals surface area contributed by atoms with E-state index in [2.05, 4.69) is 15.6 Å². The number of halogens is 6. The molecule has 0 heterocycles. The van der Waals surface area contributed by atoms with E-state index in [9.17, 15) is 22.0 Å². The summed E-state index contributed by atoms with van der Waals surface area (Å²) in [5.41, 5.74) is 0. The maximum Gasteiger partial charge on any atom is 0.390 e. The highest BCUT2D eigenvalue weighted by Crippen LogP contribution is 2.17. The summed E-state index contributed by atoms with van der Waals surface area (Å²) in [6.07, 6.45) is -7.89. The van der Waals surface area contributed by atoms with Gasteiger partial charge >= 0.3 is 6.18 Å². The van der Waals surface area contributed by atoms with E-state index >= 15 is 0 Å². The maximum atomic E-state index is 11.7. The molecule has 0 aromatic rings. The SMILES string of the molecule is CN=C(NCCC(F)(F)F)NCC(F)F.I. The number of alkyl halides is 5. The molecule has 0 saturated heterocycles. The fourth-order valence-electron chi connectivity index (χ4n) is 0.717. The summed E-state index contributed by atoms with van der Waals surface area (Å²) in [4.78, 5) is 3.47. The molecule has 0 rings (SSSR count). The topological polar surface area (TPSA) is 36.4 Å². The highest BCUT2D eigenvalue weighted by Gasteiger charge is 2.26. The van der Waals surface area contributed by atoms with Crippen LogP contribution in [0.25, 0.3) is 0 Å². The first-order chi connectivity index (χ1) is 6.85. The van der Waals surface area contributed by atoms with Crippen LogP contribution in [0.5, 0.6) is 0 Å². The molecule has 0 fully saturated rings. The van der Waals surface area contributed by atoms with Crippen LogP contribution in [0, 0.1) is 0 Å². The highest BCUT2D eigenvalue weighted by molar-refractivity contribution is 14.0. The van der Waals surface area contributed by atoms with Crippen molar-refractivity contribution in [2.75, 3.05) is 20.1 Å². The number of hydrogen-bond acceptors (Lipinski definition) is 1. The molecular formula is C7H13F5IN3. The second-order valence-corrected chi connectivity index (χ2v) is 2.64. The minimum absolute atomic E-state index is 0. The van der Waals surface area contributed by atoms with Crippen LogP contribution in [0.2, 0.25) is 0 Å². The lowest BCUT2D eigenvalue weighted by Gasteiger charge is -2.12. The molecule has 9 heteroatoms. The van der Waals surface area contributed by atoms with Crippen LogP contribution in [0.1, 0.15) is 6.42 Å². The minimum atomic E-state index is -4.27. The van der Waals surface area contributed by atoms with Crippen LogP contribution < -0.4 is 10.6 Å². The predicted molar refractivity (Wildman–Crippen MR) is 61.5 cm³/mol. The number of nitrogens with zero attached hydrogens (tertiary/aromatic N) is 1. The lowest BCUT2D eigenvalue weighted by molar-refractivity contribution is -0.132. The van der Waals surface area contributed by atoms with Gasteiger partial charge in [-0.15, -0.1) is 24.0 Å². The molecular weight excluding hydrogens is 348 g/mol. The third-order valence-corrected chi connectivity index (χ3v) is 1.35. The van der Waals surface area contributed by atoms with E-state index in [0.29, 0.717) is 0 Å². The van der Waals surface area contributed by atoms with Crippen molar-refractivity contribution in [3.05, 3.63) is 0 Å². The second-order valence-electron chi connectivity index (χ2n) is 2.64. The summed E-state index contributed by atoms with van der Waals surface area (Å²) >= 11 is 0. The molecule has 0 spiro atoms. The van der Waals surface area contributed by atoms with E-state index in [0.717, 1.165) is 0 Å². The molecule has 0 unspecified atom stereocenters. The maximum absolute atomic E-state index is 11.7. The predicted octanol–water partition coefficient (Wildman–Crippen LogP) is 1.99. The Labute approximate surface area is 107 Å². The van der Waals surface area contributed by atoms with Gasteiger partial charge in [0, 0.05) is 13.6 Å². The van der Waals surface area contributed by atoms with Crippen LogP contribution in [-0.2, 0) is 0 Å². The van der Waals surface area contributed by atoms with E-state index in [1.54, 1.807) is 0 Å². The monoisotopic (exact) mass is 361 g/mol. The van der Waals surface area contributed by atoms with E-state index in [1.807, 2.05) is 0 Å². The van der Waals surface area contributed by atoms with Gasteiger partial charge in [0.25, 0.3) is 6.43 Å². The van der Waals surface area contributed by atoms with Crippen LogP contribution in [0.15, 0.2) is 4.99 Å². The smallest absolute Gasteiger partial charge is 0.356 e. The second kappa shape index (κ2) is 8.76. The lowest BCUT2D eigenvalue weighted by atomic mass is 10.4. The van der Waals surface area contributed by atoms with Crippen LogP contribution in [0.4, 0.5) is 22.0 Å². The molecule has 2 N–H and O–H groups in total. The Morgan fingerprint density at radius 2 is 1.81 bits per heavy atom.